The first kappa shape index (κ1) is 21.2. The first-order valence-corrected chi connectivity index (χ1v) is 9.27. The van der Waals surface area contributed by atoms with Crippen molar-refractivity contribution >= 4 is 23.2 Å². The van der Waals surface area contributed by atoms with Crippen LogP contribution in [0.15, 0.2) is 53.3 Å². The average molecular weight is 430 g/mol. The average Bonchev–Trinajstić information content (AvgIpc) is 2.74. The molecule has 0 saturated carbocycles. The molecule has 3 rings (SSSR count). The molecule has 0 spiro atoms. The highest BCUT2D eigenvalue weighted by molar-refractivity contribution is 6.30. The minimum atomic E-state index is -0.410. The third-order valence-corrected chi connectivity index (χ3v) is 4.46. The van der Waals surface area contributed by atoms with E-state index in [9.17, 15) is 9.59 Å². The molecule has 2 aromatic carbocycles. The summed E-state index contributed by atoms with van der Waals surface area (Å²) in [6, 6.07) is 13.1. The van der Waals surface area contributed by atoms with Gasteiger partial charge in [0.25, 0.3) is 5.56 Å². The maximum Gasteiger partial charge on any atom is 0.267 e. The number of carbonyl (C=O) groups excluding carboxylic acids is 1. The first-order valence-electron chi connectivity index (χ1n) is 8.89. The Kier molecular flexibility index (Phi) is 6.58. The molecule has 0 saturated heterocycles. The van der Waals surface area contributed by atoms with E-state index in [4.69, 9.17) is 25.8 Å². The molecule has 0 atom stereocenters. The topological polar surface area (TPSA) is 91.7 Å². The number of halogens is 1. The molecule has 0 unspecified atom stereocenters. The molecule has 0 aliphatic carbocycles. The SMILES string of the molecule is COc1cc(-c2ccc(=O)n(CC(=O)Nc3cccc(Cl)c3)n2)cc(OC)c1OC. The zero-order valence-corrected chi connectivity index (χ0v) is 17.4. The smallest absolute Gasteiger partial charge is 0.267 e. The van der Waals surface area contributed by atoms with E-state index in [0.717, 1.165) is 4.68 Å². The quantitative estimate of drug-likeness (QED) is 0.620. The van der Waals surface area contributed by atoms with Crippen LogP contribution in [0, 0.1) is 0 Å². The van der Waals surface area contributed by atoms with E-state index < -0.39 is 11.5 Å². The van der Waals surface area contributed by atoms with Crippen LogP contribution in [0.1, 0.15) is 0 Å². The van der Waals surface area contributed by atoms with Crippen LogP contribution in [0.4, 0.5) is 5.69 Å². The van der Waals surface area contributed by atoms with E-state index in [1.54, 1.807) is 42.5 Å². The van der Waals surface area contributed by atoms with Crippen LogP contribution in [0.5, 0.6) is 17.2 Å². The minimum absolute atomic E-state index is 0.260. The Labute approximate surface area is 178 Å². The summed E-state index contributed by atoms with van der Waals surface area (Å²) in [5.41, 5.74) is 1.21. The molecule has 30 heavy (non-hydrogen) atoms. The molecular weight excluding hydrogens is 410 g/mol. The number of benzene rings is 2. The predicted molar refractivity (Wildman–Crippen MR) is 114 cm³/mol. The summed E-state index contributed by atoms with van der Waals surface area (Å²) in [6.45, 7) is -0.260. The fourth-order valence-corrected chi connectivity index (χ4v) is 3.04. The second kappa shape index (κ2) is 9.32. The number of nitrogens with zero attached hydrogens (tertiary/aromatic N) is 2. The number of rotatable bonds is 7. The summed E-state index contributed by atoms with van der Waals surface area (Å²) < 4.78 is 17.1. The molecule has 156 valence electrons. The monoisotopic (exact) mass is 429 g/mol. The number of ether oxygens (including phenoxy) is 3. The third-order valence-electron chi connectivity index (χ3n) is 4.23. The Bertz CT molecular complexity index is 1100. The lowest BCUT2D eigenvalue weighted by Gasteiger charge is -2.14. The summed E-state index contributed by atoms with van der Waals surface area (Å²) in [7, 11) is 4.53. The van der Waals surface area contributed by atoms with E-state index in [-0.39, 0.29) is 6.54 Å². The van der Waals surface area contributed by atoms with Gasteiger partial charge >= 0.3 is 0 Å². The zero-order valence-electron chi connectivity index (χ0n) is 16.6. The molecule has 3 aromatic rings. The lowest BCUT2D eigenvalue weighted by atomic mass is 10.1. The van der Waals surface area contributed by atoms with Crippen molar-refractivity contribution in [3.8, 4) is 28.5 Å². The molecular formula is C21H20ClN3O5. The molecule has 1 heterocycles. The maximum absolute atomic E-state index is 12.4. The lowest BCUT2D eigenvalue weighted by molar-refractivity contribution is -0.117. The molecule has 0 aliphatic heterocycles. The molecule has 8 nitrogen and oxygen atoms in total. The third kappa shape index (κ3) is 4.72. The van der Waals surface area contributed by atoms with Crippen molar-refractivity contribution in [2.24, 2.45) is 0 Å². The Morgan fingerprint density at radius 2 is 1.73 bits per heavy atom. The number of aromatic nitrogens is 2. The number of hydrogen-bond acceptors (Lipinski definition) is 6. The van der Waals surface area contributed by atoms with E-state index in [0.29, 0.717) is 39.2 Å². The van der Waals surface area contributed by atoms with E-state index in [1.807, 2.05) is 0 Å². The minimum Gasteiger partial charge on any atom is -0.493 e. The molecule has 9 heteroatoms. The lowest BCUT2D eigenvalue weighted by Crippen LogP contribution is -2.29. The molecule has 1 amide bonds. The Hall–Kier alpha value is -3.52. The zero-order chi connectivity index (χ0) is 21.7. The fraction of sp³-hybridized carbons (Fsp3) is 0.190. The van der Waals surface area contributed by atoms with Gasteiger partial charge in [0.1, 0.15) is 6.54 Å². The van der Waals surface area contributed by atoms with E-state index in [1.165, 1.54) is 27.4 Å². The van der Waals surface area contributed by atoms with Crippen molar-refractivity contribution in [2.45, 2.75) is 6.54 Å². The van der Waals surface area contributed by atoms with Gasteiger partial charge in [0.05, 0.1) is 27.0 Å². The Balaban J connectivity index is 1.90. The van der Waals surface area contributed by atoms with Gasteiger partial charge in [-0.15, -0.1) is 0 Å². The Morgan fingerprint density at radius 3 is 2.33 bits per heavy atom. The van der Waals surface area contributed by atoms with Gasteiger partial charge in [0, 0.05) is 22.3 Å². The largest absolute Gasteiger partial charge is 0.493 e. The van der Waals surface area contributed by atoms with Crippen LogP contribution in [0.25, 0.3) is 11.3 Å². The highest BCUT2D eigenvalue weighted by Gasteiger charge is 2.16. The summed E-state index contributed by atoms with van der Waals surface area (Å²) in [4.78, 5) is 24.6. The van der Waals surface area contributed by atoms with Crippen molar-refractivity contribution in [1.82, 2.24) is 9.78 Å². The number of hydrogen-bond donors (Lipinski definition) is 1. The van der Waals surface area contributed by atoms with Gasteiger partial charge in [-0.25, -0.2) is 4.68 Å². The number of methoxy groups -OCH3 is 3. The second-order valence-electron chi connectivity index (χ2n) is 6.19. The van der Waals surface area contributed by atoms with Crippen LogP contribution in [0.3, 0.4) is 0 Å². The van der Waals surface area contributed by atoms with Gasteiger partial charge in [-0.3, -0.25) is 9.59 Å². The van der Waals surface area contributed by atoms with Gasteiger partial charge in [-0.2, -0.15) is 5.10 Å². The van der Waals surface area contributed by atoms with Crippen molar-refractivity contribution in [3.63, 3.8) is 0 Å². The van der Waals surface area contributed by atoms with Gasteiger partial charge in [-0.1, -0.05) is 17.7 Å². The molecule has 1 N–H and O–H groups in total. The number of carbonyl (C=O) groups is 1. The van der Waals surface area contributed by atoms with Crippen molar-refractivity contribution in [1.29, 1.82) is 0 Å². The predicted octanol–water partition coefficient (Wildman–Crippen LogP) is 3.23. The summed E-state index contributed by atoms with van der Waals surface area (Å²) in [5, 5.41) is 7.50. The van der Waals surface area contributed by atoms with Crippen LogP contribution < -0.4 is 25.1 Å². The van der Waals surface area contributed by atoms with Crippen LogP contribution in [-0.2, 0) is 11.3 Å². The first-order chi connectivity index (χ1) is 14.4. The molecule has 0 aliphatic rings. The molecule has 0 radical (unpaired) electrons. The summed E-state index contributed by atoms with van der Waals surface area (Å²) in [5.74, 6) is 0.932. The van der Waals surface area contributed by atoms with Crippen molar-refractivity contribution in [3.05, 3.63) is 63.9 Å². The van der Waals surface area contributed by atoms with Crippen LogP contribution >= 0.6 is 11.6 Å². The van der Waals surface area contributed by atoms with Crippen LogP contribution in [0.2, 0.25) is 5.02 Å². The number of amides is 1. The van der Waals surface area contributed by atoms with E-state index in [2.05, 4.69) is 10.4 Å². The second-order valence-corrected chi connectivity index (χ2v) is 6.62. The normalized spacial score (nSPS) is 10.4. The van der Waals surface area contributed by atoms with Gasteiger partial charge in [0.2, 0.25) is 11.7 Å². The van der Waals surface area contributed by atoms with Gasteiger partial charge in [0.15, 0.2) is 11.5 Å². The Morgan fingerprint density at radius 1 is 1.03 bits per heavy atom. The highest BCUT2D eigenvalue weighted by Crippen LogP contribution is 2.40. The fourth-order valence-electron chi connectivity index (χ4n) is 2.85. The molecule has 0 fully saturated rings. The van der Waals surface area contributed by atoms with E-state index >= 15 is 0 Å². The number of nitrogens with one attached hydrogen (secondary N) is 1. The summed E-state index contributed by atoms with van der Waals surface area (Å²) in [6.07, 6.45) is 0. The van der Waals surface area contributed by atoms with Crippen molar-refractivity contribution < 1.29 is 19.0 Å². The van der Waals surface area contributed by atoms with Gasteiger partial charge < -0.3 is 19.5 Å². The van der Waals surface area contributed by atoms with Crippen molar-refractivity contribution in [2.75, 3.05) is 26.6 Å². The molecule has 1 aromatic heterocycles. The highest BCUT2D eigenvalue weighted by atomic mass is 35.5. The standard InChI is InChI=1S/C21H20ClN3O5/c1-28-17-9-13(10-18(29-2)21(17)30-3)16-7-8-20(27)25(24-16)12-19(26)23-15-6-4-5-14(22)11-15/h4-11H,12H2,1-3H3,(H,23,26). The summed E-state index contributed by atoms with van der Waals surface area (Å²) >= 11 is 5.93. The maximum atomic E-state index is 12.4. The molecule has 0 bridgehead atoms. The van der Waals surface area contributed by atoms with Crippen LogP contribution in [-0.4, -0.2) is 37.0 Å². The number of anilines is 1. The van der Waals surface area contributed by atoms with Gasteiger partial charge in [-0.05, 0) is 36.4 Å².